The van der Waals surface area contributed by atoms with E-state index >= 15 is 0 Å². The van der Waals surface area contributed by atoms with Gasteiger partial charge in [0.1, 0.15) is 0 Å². The summed E-state index contributed by atoms with van der Waals surface area (Å²) in [7, 11) is 0. The summed E-state index contributed by atoms with van der Waals surface area (Å²) in [6, 6.07) is 0.229. The van der Waals surface area contributed by atoms with E-state index in [-0.39, 0.29) is 30.9 Å². The highest BCUT2D eigenvalue weighted by Gasteiger charge is 2.17. The third kappa shape index (κ3) is 1.67. The molecule has 0 aliphatic carbocycles. The highest BCUT2D eigenvalue weighted by atomic mass is 35.5. The summed E-state index contributed by atoms with van der Waals surface area (Å²) in [6.45, 7) is 1.04. The van der Waals surface area contributed by atoms with Gasteiger partial charge in [0.2, 0.25) is 0 Å². The fourth-order valence-electron chi connectivity index (χ4n) is 1.25. The van der Waals surface area contributed by atoms with E-state index < -0.39 is 0 Å². The number of aromatic nitrogens is 2. The quantitative estimate of drug-likeness (QED) is 0.675. The molecule has 1 aromatic rings. The fraction of sp³-hybridized carbons (Fsp3) is 0.500. The van der Waals surface area contributed by atoms with Gasteiger partial charge in [-0.15, -0.1) is 24.8 Å². The molecule has 1 atom stereocenters. The predicted molar refractivity (Wildman–Crippen MR) is 48.3 cm³/mol. The maximum absolute atomic E-state index is 5.73. The molecule has 11 heavy (non-hydrogen) atoms. The lowest BCUT2D eigenvalue weighted by Crippen LogP contribution is -2.04. The third-order valence-electron chi connectivity index (χ3n) is 1.81. The molecule has 0 saturated carbocycles. The van der Waals surface area contributed by atoms with Gasteiger partial charge in [-0.3, -0.25) is 0 Å². The van der Waals surface area contributed by atoms with E-state index in [4.69, 9.17) is 5.73 Å². The third-order valence-corrected chi connectivity index (χ3v) is 1.81. The van der Waals surface area contributed by atoms with Crippen LogP contribution in [-0.4, -0.2) is 9.55 Å². The van der Waals surface area contributed by atoms with Crippen LogP contribution >= 0.6 is 24.8 Å². The van der Waals surface area contributed by atoms with Crippen molar-refractivity contribution in [2.75, 3.05) is 0 Å². The summed E-state index contributed by atoms with van der Waals surface area (Å²) in [6.07, 6.45) is 4.75. The molecule has 0 radical (unpaired) electrons. The minimum absolute atomic E-state index is 0. The van der Waals surface area contributed by atoms with Crippen LogP contribution in [0.4, 0.5) is 0 Å². The number of halogens is 2. The predicted octanol–water partition coefficient (Wildman–Crippen LogP) is 1.13. The van der Waals surface area contributed by atoms with Gasteiger partial charge < -0.3 is 10.3 Å². The van der Waals surface area contributed by atoms with Crippen molar-refractivity contribution in [2.24, 2.45) is 5.73 Å². The molecule has 1 aromatic heterocycles. The van der Waals surface area contributed by atoms with Gasteiger partial charge in [0.15, 0.2) is 0 Å². The highest BCUT2D eigenvalue weighted by Crippen LogP contribution is 2.21. The lowest BCUT2D eigenvalue weighted by Gasteiger charge is -1.95. The van der Waals surface area contributed by atoms with Gasteiger partial charge in [0, 0.05) is 18.8 Å². The lowest BCUT2D eigenvalue weighted by atomic mass is 10.2. The van der Waals surface area contributed by atoms with Crippen LogP contribution < -0.4 is 5.73 Å². The van der Waals surface area contributed by atoms with Gasteiger partial charge in [0.05, 0.1) is 12.0 Å². The first-order valence-electron chi connectivity index (χ1n) is 3.13. The summed E-state index contributed by atoms with van der Waals surface area (Å²) in [5.74, 6) is 0. The smallest absolute Gasteiger partial charge is 0.0948 e. The Morgan fingerprint density at radius 2 is 2.27 bits per heavy atom. The second kappa shape index (κ2) is 3.95. The van der Waals surface area contributed by atoms with Crippen molar-refractivity contribution in [2.45, 2.75) is 19.0 Å². The van der Waals surface area contributed by atoms with Crippen LogP contribution in [0.3, 0.4) is 0 Å². The van der Waals surface area contributed by atoms with Crippen LogP contribution in [0.25, 0.3) is 0 Å². The molecule has 0 bridgehead atoms. The van der Waals surface area contributed by atoms with Crippen LogP contribution in [0.5, 0.6) is 0 Å². The first-order valence-corrected chi connectivity index (χ1v) is 3.13. The van der Waals surface area contributed by atoms with E-state index in [1.807, 2.05) is 12.5 Å². The average Bonchev–Trinajstić information content (AvgIpc) is 2.35. The molecule has 0 saturated heterocycles. The van der Waals surface area contributed by atoms with Crippen molar-refractivity contribution in [3.63, 3.8) is 0 Å². The van der Waals surface area contributed by atoms with E-state index in [2.05, 4.69) is 9.55 Å². The number of nitrogens with zero attached hydrogens (tertiary/aromatic N) is 2. The number of aryl methyl sites for hydroxylation is 1. The van der Waals surface area contributed by atoms with Crippen LogP contribution in [0.2, 0.25) is 0 Å². The molecule has 2 heterocycles. The standard InChI is InChI=1S/C6H9N3.2ClH/c7-5-1-2-9-4-8-3-6(5)9;;/h3-5H,1-2,7H2;2*1H. The van der Waals surface area contributed by atoms with E-state index in [1.54, 1.807) is 0 Å². The van der Waals surface area contributed by atoms with Gasteiger partial charge >= 0.3 is 0 Å². The SMILES string of the molecule is Cl.Cl.NC1CCn2cncc21. The summed E-state index contributed by atoms with van der Waals surface area (Å²) < 4.78 is 2.10. The monoisotopic (exact) mass is 195 g/mol. The van der Waals surface area contributed by atoms with Gasteiger partial charge in [-0.25, -0.2) is 4.98 Å². The number of hydrogen-bond donors (Lipinski definition) is 1. The molecular formula is C6H11Cl2N3. The Morgan fingerprint density at radius 1 is 1.55 bits per heavy atom. The average molecular weight is 196 g/mol. The number of hydrogen-bond acceptors (Lipinski definition) is 2. The molecule has 0 amide bonds. The molecule has 64 valence electrons. The maximum atomic E-state index is 5.73. The summed E-state index contributed by atoms with van der Waals surface area (Å²) in [5.41, 5.74) is 6.91. The van der Waals surface area contributed by atoms with Gasteiger partial charge in [0.25, 0.3) is 0 Å². The molecule has 0 aromatic carbocycles. The van der Waals surface area contributed by atoms with Crippen LogP contribution in [-0.2, 0) is 6.54 Å². The molecule has 2 rings (SSSR count). The molecule has 1 aliphatic rings. The van der Waals surface area contributed by atoms with Crippen molar-refractivity contribution >= 4 is 24.8 Å². The van der Waals surface area contributed by atoms with Crippen molar-refractivity contribution in [1.29, 1.82) is 0 Å². The van der Waals surface area contributed by atoms with Gasteiger partial charge in [-0.1, -0.05) is 0 Å². The number of fused-ring (bicyclic) bond motifs is 1. The molecule has 2 N–H and O–H groups in total. The second-order valence-electron chi connectivity index (χ2n) is 2.41. The van der Waals surface area contributed by atoms with Crippen LogP contribution in [0.15, 0.2) is 12.5 Å². The molecular weight excluding hydrogens is 185 g/mol. The van der Waals surface area contributed by atoms with Gasteiger partial charge in [-0.2, -0.15) is 0 Å². The van der Waals surface area contributed by atoms with E-state index in [9.17, 15) is 0 Å². The summed E-state index contributed by atoms with van der Waals surface area (Å²) in [4.78, 5) is 3.98. The Morgan fingerprint density at radius 3 is 2.91 bits per heavy atom. The zero-order valence-electron chi connectivity index (χ0n) is 5.93. The van der Waals surface area contributed by atoms with Crippen molar-refractivity contribution in [3.05, 3.63) is 18.2 Å². The Labute approximate surface area is 77.8 Å². The Bertz CT molecular complexity index is 223. The maximum Gasteiger partial charge on any atom is 0.0948 e. The van der Waals surface area contributed by atoms with Crippen molar-refractivity contribution < 1.29 is 0 Å². The molecule has 0 fully saturated rings. The van der Waals surface area contributed by atoms with Crippen molar-refractivity contribution in [3.8, 4) is 0 Å². The van der Waals surface area contributed by atoms with Gasteiger partial charge in [-0.05, 0) is 6.42 Å². The van der Waals surface area contributed by atoms with Crippen LogP contribution in [0, 0.1) is 0 Å². The summed E-state index contributed by atoms with van der Waals surface area (Å²) >= 11 is 0. The largest absolute Gasteiger partial charge is 0.333 e. The highest BCUT2D eigenvalue weighted by molar-refractivity contribution is 5.85. The van der Waals surface area contributed by atoms with E-state index in [1.165, 1.54) is 5.69 Å². The second-order valence-corrected chi connectivity index (χ2v) is 2.41. The minimum atomic E-state index is 0. The number of rotatable bonds is 0. The normalized spacial score (nSPS) is 19.9. The minimum Gasteiger partial charge on any atom is -0.333 e. The van der Waals surface area contributed by atoms with E-state index in [0.717, 1.165) is 13.0 Å². The molecule has 0 spiro atoms. The number of nitrogens with two attached hydrogens (primary N) is 1. The van der Waals surface area contributed by atoms with Crippen molar-refractivity contribution in [1.82, 2.24) is 9.55 Å². The topological polar surface area (TPSA) is 43.8 Å². The molecule has 1 unspecified atom stereocenters. The van der Waals surface area contributed by atoms with E-state index in [0.29, 0.717) is 0 Å². The summed E-state index contributed by atoms with van der Waals surface area (Å²) in [5, 5.41) is 0. The molecule has 5 heteroatoms. The first-order chi connectivity index (χ1) is 4.38. The van der Waals surface area contributed by atoms with Crippen LogP contribution in [0.1, 0.15) is 18.2 Å². The Kier molecular flexibility index (Phi) is 3.86. The molecule has 3 nitrogen and oxygen atoms in total. The zero-order chi connectivity index (χ0) is 6.27. The Hall–Kier alpha value is -0.250. The lowest BCUT2D eigenvalue weighted by molar-refractivity contribution is 0.678. The first kappa shape index (κ1) is 10.8. The number of imidazole rings is 1. The fourth-order valence-corrected chi connectivity index (χ4v) is 1.25. The zero-order valence-corrected chi connectivity index (χ0v) is 7.57. The Balaban J connectivity index is 0.000000500. The molecule has 1 aliphatic heterocycles.